The molecule has 36 heavy (non-hydrogen) atoms. The summed E-state index contributed by atoms with van der Waals surface area (Å²) >= 11 is 6.34. The number of anilines is 1. The zero-order chi connectivity index (χ0) is 26.1. The average Bonchev–Trinajstić information content (AvgIpc) is 3.44. The first-order valence-electron chi connectivity index (χ1n) is 12.4. The van der Waals surface area contributed by atoms with Gasteiger partial charge in [0.05, 0.1) is 16.8 Å². The molecule has 0 bridgehead atoms. The Kier molecular flexibility index (Phi) is 7.70. The Morgan fingerprint density at radius 3 is 2.81 bits per heavy atom. The van der Waals surface area contributed by atoms with Crippen LogP contribution in [-0.2, 0) is 0 Å². The van der Waals surface area contributed by atoms with Gasteiger partial charge in [-0.3, -0.25) is 9.20 Å². The van der Waals surface area contributed by atoms with E-state index in [9.17, 15) is 4.79 Å². The minimum absolute atomic E-state index is 0.144. The van der Waals surface area contributed by atoms with Crippen LogP contribution in [0.5, 0.6) is 5.75 Å². The number of aromatic nitrogens is 3. The van der Waals surface area contributed by atoms with E-state index in [0.29, 0.717) is 35.2 Å². The molecule has 1 aromatic carbocycles. The van der Waals surface area contributed by atoms with Crippen molar-refractivity contribution in [3.63, 3.8) is 0 Å². The van der Waals surface area contributed by atoms with Crippen LogP contribution in [0.3, 0.4) is 0 Å². The number of aryl methyl sites for hydroxylation is 1. The molecule has 1 aliphatic rings. The second-order valence-corrected chi connectivity index (χ2v) is 10.1. The van der Waals surface area contributed by atoms with Gasteiger partial charge >= 0.3 is 0 Å². The summed E-state index contributed by atoms with van der Waals surface area (Å²) in [6.45, 7) is 12.9. The van der Waals surface area contributed by atoms with Crippen molar-refractivity contribution in [1.29, 1.82) is 0 Å². The number of carbonyl (C=O) groups excluding carboxylic acids is 1. The lowest BCUT2D eigenvalue weighted by atomic mass is 9.95. The minimum Gasteiger partial charge on any atom is -0.490 e. The molecule has 3 aromatic rings. The van der Waals surface area contributed by atoms with Crippen LogP contribution in [-0.4, -0.2) is 57.5 Å². The van der Waals surface area contributed by atoms with Crippen molar-refractivity contribution in [1.82, 2.24) is 24.6 Å². The van der Waals surface area contributed by atoms with E-state index in [1.807, 2.05) is 32.1 Å². The maximum atomic E-state index is 15.4. The number of amides is 1. The molecule has 1 saturated heterocycles. The highest BCUT2D eigenvalue weighted by atomic mass is 35.5. The topological polar surface area (TPSA) is 97.8 Å². The number of nitrogens with zero attached hydrogens (tertiary/aromatic N) is 4. The summed E-state index contributed by atoms with van der Waals surface area (Å²) in [5.74, 6) is -0.196. The van der Waals surface area contributed by atoms with E-state index in [1.165, 1.54) is 6.07 Å². The molecule has 2 unspecified atom stereocenters. The third kappa shape index (κ3) is 4.99. The Morgan fingerprint density at radius 2 is 2.14 bits per heavy atom. The molecule has 0 saturated carbocycles. The van der Waals surface area contributed by atoms with Crippen molar-refractivity contribution in [2.24, 2.45) is 5.92 Å². The Bertz CT molecular complexity index is 1280. The van der Waals surface area contributed by atoms with E-state index >= 15 is 4.39 Å². The maximum Gasteiger partial charge on any atom is 0.258 e. The van der Waals surface area contributed by atoms with Gasteiger partial charge in [-0.05, 0) is 52.3 Å². The molecule has 2 atom stereocenters. The number of rotatable bonds is 8. The summed E-state index contributed by atoms with van der Waals surface area (Å²) in [5.41, 5.74) is 7.91. The van der Waals surface area contributed by atoms with E-state index in [2.05, 4.69) is 22.1 Å². The molecular weight excluding hydrogens is 483 g/mol. The molecular formula is C26H34ClFN6O2. The molecule has 3 N–H and O–H groups in total. The molecule has 3 heterocycles. The van der Waals surface area contributed by atoms with Gasteiger partial charge in [0.1, 0.15) is 28.5 Å². The first-order chi connectivity index (χ1) is 17.1. The van der Waals surface area contributed by atoms with Gasteiger partial charge in [-0.1, -0.05) is 25.4 Å². The lowest BCUT2D eigenvalue weighted by Gasteiger charge is -2.23. The van der Waals surface area contributed by atoms with Crippen LogP contribution in [0.4, 0.5) is 10.2 Å². The van der Waals surface area contributed by atoms with Crippen molar-refractivity contribution in [3.05, 3.63) is 51.9 Å². The fourth-order valence-electron chi connectivity index (χ4n) is 4.92. The predicted molar refractivity (Wildman–Crippen MR) is 139 cm³/mol. The number of fused-ring (bicyclic) bond motifs is 1. The fraction of sp³-hybridized carbons (Fsp3) is 0.500. The second-order valence-electron chi connectivity index (χ2n) is 9.70. The number of ether oxygens (including phenoxy) is 1. The number of imidazole rings is 1. The number of nitrogens with one attached hydrogen (secondary N) is 1. The van der Waals surface area contributed by atoms with Crippen LogP contribution in [0.25, 0.3) is 5.52 Å². The predicted octanol–water partition coefficient (Wildman–Crippen LogP) is 4.42. The molecule has 0 spiro atoms. The van der Waals surface area contributed by atoms with Crippen molar-refractivity contribution in [2.45, 2.75) is 53.1 Å². The van der Waals surface area contributed by atoms with E-state index < -0.39 is 11.7 Å². The van der Waals surface area contributed by atoms with Gasteiger partial charge < -0.3 is 20.7 Å². The molecule has 4 rings (SSSR count). The third-order valence-corrected chi connectivity index (χ3v) is 7.06. The van der Waals surface area contributed by atoms with Crippen LogP contribution < -0.4 is 15.8 Å². The van der Waals surface area contributed by atoms with Gasteiger partial charge in [-0.25, -0.2) is 14.4 Å². The van der Waals surface area contributed by atoms with Gasteiger partial charge in [0.15, 0.2) is 5.82 Å². The lowest BCUT2D eigenvalue weighted by molar-refractivity contribution is 0.0936. The third-order valence-electron chi connectivity index (χ3n) is 6.79. The normalized spacial score (nSPS) is 17.2. The smallest absolute Gasteiger partial charge is 0.258 e. The molecule has 0 aliphatic carbocycles. The van der Waals surface area contributed by atoms with Crippen LogP contribution in [0.15, 0.2) is 18.5 Å². The summed E-state index contributed by atoms with van der Waals surface area (Å²) in [6.07, 6.45) is 4.08. The lowest BCUT2D eigenvalue weighted by Crippen LogP contribution is -2.32. The number of hydrogen-bond donors (Lipinski definition) is 2. The van der Waals surface area contributed by atoms with Gasteiger partial charge in [0, 0.05) is 37.0 Å². The Balaban J connectivity index is 1.75. The van der Waals surface area contributed by atoms with E-state index in [-0.39, 0.29) is 28.4 Å². The Labute approximate surface area is 216 Å². The minimum atomic E-state index is -0.792. The van der Waals surface area contributed by atoms with Crippen molar-refractivity contribution in [2.75, 3.05) is 31.9 Å². The molecule has 1 fully saturated rings. The zero-order valence-electron chi connectivity index (χ0n) is 21.4. The van der Waals surface area contributed by atoms with Crippen molar-refractivity contribution < 1.29 is 13.9 Å². The molecule has 0 radical (unpaired) electrons. The van der Waals surface area contributed by atoms with Gasteiger partial charge in [0.25, 0.3) is 5.91 Å². The van der Waals surface area contributed by atoms with Gasteiger partial charge in [0.2, 0.25) is 0 Å². The average molecular weight is 517 g/mol. The highest BCUT2D eigenvalue weighted by Crippen LogP contribution is 2.40. The quantitative estimate of drug-likeness (QED) is 0.460. The van der Waals surface area contributed by atoms with E-state index in [1.54, 1.807) is 12.4 Å². The summed E-state index contributed by atoms with van der Waals surface area (Å²) in [6, 6.07) is 1.52. The number of halogens is 2. The number of likely N-dealkylation sites (tertiary alicyclic amines) is 1. The molecule has 10 heteroatoms. The summed E-state index contributed by atoms with van der Waals surface area (Å²) in [7, 11) is 0. The molecule has 1 amide bonds. The highest BCUT2D eigenvalue weighted by molar-refractivity contribution is 6.31. The maximum absolute atomic E-state index is 15.4. The SMILES string of the molecule is CCN1CCC(CNC(=O)c2c(F)c(Cl)cc(C(C)c3nc(C)c4c(N)nccn34)c2OC(C)C)C1. The summed E-state index contributed by atoms with van der Waals surface area (Å²) < 4.78 is 23.4. The summed E-state index contributed by atoms with van der Waals surface area (Å²) in [4.78, 5) is 24.6. The Morgan fingerprint density at radius 1 is 1.39 bits per heavy atom. The molecule has 8 nitrogen and oxygen atoms in total. The number of nitrogens with two attached hydrogens (primary N) is 1. The fourth-order valence-corrected chi connectivity index (χ4v) is 5.13. The highest BCUT2D eigenvalue weighted by Gasteiger charge is 2.30. The van der Waals surface area contributed by atoms with Crippen LogP contribution in [0, 0.1) is 18.7 Å². The largest absolute Gasteiger partial charge is 0.490 e. The number of benzene rings is 1. The van der Waals surface area contributed by atoms with Gasteiger partial charge in [-0.15, -0.1) is 0 Å². The van der Waals surface area contributed by atoms with E-state index in [4.69, 9.17) is 27.1 Å². The monoisotopic (exact) mass is 516 g/mol. The molecule has 1 aliphatic heterocycles. The Hall–Kier alpha value is -2.91. The van der Waals surface area contributed by atoms with Crippen molar-refractivity contribution in [3.8, 4) is 5.75 Å². The number of nitrogen functional groups attached to an aromatic ring is 1. The van der Waals surface area contributed by atoms with Crippen molar-refractivity contribution >= 4 is 28.8 Å². The van der Waals surface area contributed by atoms with Gasteiger partial charge in [-0.2, -0.15) is 0 Å². The van der Waals surface area contributed by atoms with Crippen LogP contribution >= 0.6 is 11.6 Å². The molecule has 194 valence electrons. The molecule has 2 aromatic heterocycles. The standard InChI is InChI=1S/C26H34ClFN6O2/c1-6-33-9-7-17(13-33)12-31-26(35)20-21(28)19(27)11-18(23(20)36-14(2)3)15(4)25-32-16(5)22-24(29)30-8-10-34(22)25/h8,10-11,14-15,17H,6-7,9,12-13H2,1-5H3,(H2,29,30)(H,31,35). The van der Waals surface area contributed by atoms with Crippen LogP contribution in [0.1, 0.15) is 67.5 Å². The van der Waals surface area contributed by atoms with E-state index in [0.717, 1.165) is 31.7 Å². The first kappa shape index (κ1) is 26.2. The van der Waals surface area contributed by atoms with Crippen LogP contribution in [0.2, 0.25) is 5.02 Å². The second kappa shape index (κ2) is 10.6. The zero-order valence-corrected chi connectivity index (χ0v) is 22.2. The number of carbonyl (C=O) groups is 1. The summed E-state index contributed by atoms with van der Waals surface area (Å²) in [5, 5.41) is 2.78. The number of hydrogen-bond acceptors (Lipinski definition) is 6. The first-order valence-corrected chi connectivity index (χ1v) is 12.8.